The van der Waals surface area contributed by atoms with E-state index in [-0.39, 0.29) is 18.9 Å². The number of tetrazole rings is 1. The Labute approximate surface area is 106 Å². The second kappa shape index (κ2) is 4.44. The van der Waals surface area contributed by atoms with Gasteiger partial charge in [0.1, 0.15) is 0 Å². The Morgan fingerprint density at radius 1 is 1.53 bits per heavy atom. The molecule has 2 rings (SSSR count). The second-order valence-electron chi connectivity index (χ2n) is 4.54. The highest BCUT2D eigenvalue weighted by Gasteiger charge is 2.63. The van der Waals surface area contributed by atoms with Crippen molar-refractivity contribution in [1.82, 2.24) is 25.1 Å². The lowest BCUT2D eigenvalue weighted by molar-refractivity contribution is -0.227. The monoisotopic (exact) mass is 279 g/mol. The van der Waals surface area contributed by atoms with Crippen molar-refractivity contribution in [2.45, 2.75) is 19.1 Å². The molecule has 0 spiro atoms. The highest BCUT2D eigenvalue weighted by atomic mass is 19.4. The van der Waals surface area contributed by atoms with Gasteiger partial charge in [-0.05, 0) is 11.6 Å². The maximum atomic E-state index is 12.9. The zero-order valence-corrected chi connectivity index (χ0v) is 10.1. The normalized spacial score (nSPS) is 24.8. The Morgan fingerprint density at radius 2 is 2.21 bits per heavy atom. The Hall–Kier alpha value is -1.71. The third kappa shape index (κ3) is 2.39. The summed E-state index contributed by atoms with van der Waals surface area (Å²) >= 11 is 0. The van der Waals surface area contributed by atoms with E-state index in [4.69, 9.17) is 5.11 Å². The van der Waals surface area contributed by atoms with Crippen LogP contribution in [-0.2, 0) is 18.4 Å². The quantitative estimate of drug-likeness (QED) is 0.841. The topological polar surface area (TPSA) is 84.1 Å². The van der Waals surface area contributed by atoms with Crippen LogP contribution < -0.4 is 0 Å². The van der Waals surface area contributed by atoms with E-state index in [2.05, 4.69) is 15.4 Å². The van der Waals surface area contributed by atoms with E-state index in [0.717, 1.165) is 0 Å². The van der Waals surface area contributed by atoms with Gasteiger partial charge in [0, 0.05) is 13.1 Å². The number of alkyl halides is 3. The molecule has 1 aliphatic heterocycles. The summed E-state index contributed by atoms with van der Waals surface area (Å²) < 4.78 is 38.8. The fourth-order valence-electron chi connectivity index (χ4n) is 2.14. The van der Waals surface area contributed by atoms with E-state index in [1.54, 1.807) is 0 Å². The van der Waals surface area contributed by atoms with Gasteiger partial charge in [-0.2, -0.15) is 18.0 Å². The molecule has 0 saturated carbocycles. The molecule has 0 aromatic carbocycles. The zero-order valence-electron chi connectivity index (χ0n) is 10.1. The van der Waals surface area contributed by atoms with Crippen LogP contribution in [0.4, 0.5) is 13.2 Å². The predicted octanol–water partition coefficient (Wildman–Crippen LogP) is 0.0491. The fraction of sp³-hybridized carbons (Fsp3) is 0.778. The van der Waals surface area contributed by atoms with E-state index < -0.39 is 30.5 Å². The van der Waals surface area contributed by atoms with Crippen LogP contribution in [0.15, 0.2) is 0 Å². The number of carboxylic acid groups (broad SMARTS) is 1. The molecule has 10 heteroatoms. The molecule has 19 heavy (non-hydrogen) atoms. The fourth-order valence-corrected chi connectivity index (χ4v) is 2.14. The number of halogens is 3. The predicted molar refractivity (Wildman–Crippen MR) is 54.8 cm³/mol. The number of aliphatic carboxylic acids is 1. The van der Waals surface area contributed by atoms with Crippen LogP contribution in [-0.4, -0.2) is 55.4 Å². The Balaban J connectivity index is 2.11. The minimum Gasteiger partial charge on any atom is -0.481 e. The zero-order chi connectivity index (χ0) is 14.3. The summed E-state index contributed by atoms with van der Waals surface area (Å²) in [6.07, 6.45) is -5.24. The first kappa shape index (κ1) is 13.7. The lowest BCUT2D eigenvalue weighted by atomic mass is 9.86. The first-order valence-electron chi connectivity index (χ1n) is 5.50. The molecule has 0 amide bonds. The summed E-state index contributed by atoms with van der Waals surface area (Å²) in [5.41, 5.74) is -2.70. The summed E-state index contributed by atoms with van der Waals surface area (Å²) in [6.45, 7) is -0.507. The number of rotatable bonds is 3. The molecule has 1 fully saturated rings. The van der Waals surface area contributed by atoms with Crippen molar-refractivity contribution in [3.8, 4) is 0 Å². The van der Waals surface area contributed by atoms with Gasteiger partial charge in [-0.1, -0.05) is 0 Å². The molecule has 2 heterocycles. The van der Waals surface area contributed by atoms with Gasteiger partial charge in [0.15, 0.2) is 11.2 Å². The number of hydrogen-bond donors (Lipinski definition) is 1. The van der Waals surface area contributed by atoms with Gasteiger partial charge in [0.2, 0.25) is 0 Å². The maximum Gasteiger partial charge on any atom is 0.406 e. The number of carbonyl (C=O) groups is 1. The van der Waals surface area contributed by atoms with E-state index in [0.29, 0.717) is 0 Å². The summed E-state index contributed by atoms with van der Waals surface area (Å²) in [4.78, 5) is 13.5. The van der Waals surface area contributed by atoms with Gasteiger partial charge >= 0.3 is 12.1 Å². The smallest absolute Gasteiger partial charge is 0.406 e. The van der Waals surface area contributed by atoms with E-state index in [1.807, 2.05) is 0 Å². The van der Waals surface area contributed by atoms with E-state index >= 15 is 0 Å². The highest BCUT2D eigenvalue weighted by molar-refractivity contribution is 5.76. The molecule has 0 radical (unpaired) electrons. The summed E-state index contributed by atoms with van der Waals surface area (Å²) in [7, 11) is 1.54. The Bertz CT molecular complexity index is 488. The SMILES string of the molecule is Cn1nnc(CN2CCC(C(=O)O)(C(F)(F)F)C2)n1. The lowest BCUT2D eigenvalue weighted by Crippen LogP contribution is -2.47. The number of nitrogens with zero attached hydrogens (tertiary/aromatic N) is 5. The van der Waals surface area contributed by atoms with Gasteiger partial charge in [-0.25, -0.2) is 0 Å². The molecule has 1 aromatic heterocycles. The number of aryl methyl sites for hydroxylation is 1. The Morgan fingerprint density at radius 3 is 2.63 bits per heavy atom. The number of carboxylic acids is 1. The van der Waals surface area contributed by atoms with E-state index in [9.17, 15) is 18.0 Å². The van der Waals surface area contributed by atoms with Crippen molar-refractivity contribution in [3.63, 3.8) is 0 Å². The third-order valence-corrected chi connectivity index (χ3v) is 3.22. The van der Waals surface area contributed by atoms with Crippen LogP contribution in [0.3, 0.4) is 0 Å². The summed E-state index contributed by atoms with van der Waals surface area (Å²) in [5, 5.41) is 20.0. The molecule has 106 valence electrons. The first-order valence-corrected chi connectivity index (χ1v) is 5.50. The number of hydrogen-bond acceptors (Lipinski definition) is 5. The van der Waals surface area contributed by atoms with E-state index in [1.165, 1.54) is 16.7 Å². The molecule has 1 atom stereocenters. The average Bonchev–Trinajstić information content (AvgIpc) is 2.85. The van der Waals surface area contributed by atoms with Crippen molar-refractivity contribution in [2.75, 3.05) is 13.1 Å². The largest absolute Gasteiger partial charge is 0.481 e. The molecule has 7 nitrogen and oxygen atoms in total. The van der Waals surface area contributed by atoms with Crippen molar-refractivity contribution in [1.29, 1.82) is 0 Å². The van der Waals surface area contributed by atoms with Gasteiger partial charge < -0.3 is 5.11 Å². The minimum absolute atomic E-state index is 0.0318. The van der Waals surface area contributed by atoms with Gasteiger partial charge in [-0.3, -0.25) is 9.69 Å². The molecule has 1 aliphatic rings. The Kier molecular flexibility index (Phi) is 3.20. The van der Waals surface area contributed by atoms with Gasteiger partial charge in [0.05, 0.1) is 13.6 Å². The molecule has 0 bridgehead atoms. The summed E-state index contributed by atoms with van der Waals surface area (Å²) in [6, 6.07) is 0. The van der Waals surface area contributed by atoms with Gasteiger partial charge in [0.25, 0.3) is 0 Å². The molecule has 1 aromatic rings. The van der Waals surface area contributed by atoms with Crippen molar-refractivity contribution < 1.29 is 23.1 Å². The summed E-state index contributed by atoms with van der Waals surface area (Å²) in [5.74, 6) is -1.57. The average molecular weight is 279 g/mol. The van der Waals surface area contributed by atoms with Crippen molar-refractivity contribution >= 4 is 5.97 Å². The molecule has 0 aliphatic carbocycles. The molecular formula is C9H12F3N5O2. The standard InChI is InChI=1S/C9H12F3N5O2/c1-16-14-6(13-15-16)4-17-3-2-8(5-17,7(18)19)9(10,11)12/h2-5H2,1H3,(H,18,19). The lowest BCUT2D eigenvalue weighted by Gasteiger charge is -2.27. The second-order valence-corrected chi connectivity index (χ2v) is 4.54. The van der Waals surface area contributed by atoms with Crippen LogP contribution in [0.1, 0.15) is 12.2 Å². The third-order valence-electron chi connectivity index (χ3n) is 3.22. The minimum atomic E-state index is -4.77. The highest BCUT2D eigenvalue weighted by Crippen LogP contribution is 2.45. The molecule has 1 unspecified atom stereocenters. The van der Waals surface area contributed by atoms with Crippen LogP contribution in [0, 0.1) is 5.41 Å². The molecule has 1 N–H and O–H groups in total. The van der Waals surface area contributed by atoms with Crippen LogP contribution in [0.2, 0.25) is 0 Å². The van der Waals surface area contributed by atoms with Crippen LogP contribution in [0.25, 0.3) is 0 Å². The van der Waals surface area contributed by atoms with Crippen LogP contribution >= 0.6 is 0 Å². The maximum absolute atomic E-state index is 12.9. The number of likely N-dealkylation sites (tertiary alicyclic amines) is 1. The van der Waals surface area contributed by atoms with Crippen LogP contribution in [0.5, 0.6) is 0 Å². The van der Waals surface area contributed by atoms with Crippen molar-refractivity contribution in [3.05, 3.63) is 5.82 Å². The van der Waals surface area contributed by atoms with Gasteiger partial charge in [-0.15, -0.1) is 10.2 Å². The molecule has 1 saturated heterocycles. The van der Waals surface area contributed by atoms with Crippen molar-refractivity contribution in [2.24, 2.45) is 12.5 Å². The number of aromatic nitrogens is 4. The first-order chi connectivity index (χ1) is 8.74. The molecular weight excluding hydrogens is 267 g/mol.